The molecule has 114 valence electrons. The molecule has 22 heavy (non-hydrogen) atoms. The molecule has 2 heterocycles. The van der Waals surface area contributed by atoms with Gasteiger partial charge in [-0.2, -0.15) is 0 Å². The molecule has 1 aliphatic rings. The Balaban J connectivity index is 2.07. The third-order valence-electron chi connectivity index (χ3n) is 3.58. The SMILES string of the molecule is O=C(O)c1cnc(-c2ccc(Cl)c(Cl)c2)nc1N1CCCC1. The molecule has 0 aliphatic carbocycles. The van der Waals surface area contributed by atoms with Crippen LogP contribution in [0.3, 0.4) is 0 Å². The normalized spacial score (nSPS) is 14.4. The molecule has 1 saturated heterocycles. The fourth-order valence-corrected chi connectivity index (χ4v) is 2.77. The van der Waals surface area contributed by atoms with Gasteiger partial charge in [-0.1, -0.05) is 23.2 Å². The Hall–Kier alpha value is -1.85. The van der Waals surface area contributed by atoms with Crippen LogP contribution in [0.5, 0.6) is 0 Å². The van der Waals surface area contributed by atoms with Crippen molar-refractivity contribution in [3.63, 3.8) is 0 Å². The minimum Gasteiger partial charge on any atom is -0.477 e. The monoisotopic (exact) mass is 337 g/mol. The molecule has 7 heteroatoms. The van der Waals surface area contributed by atoms with Gasteiger partial charge in [-0.3, -0.25) is 0 Å². The fraction of sp³-hybridized carbons (Fsp3) is 0.267. The smallest absolute Gasteiger partial charge is 0.341 e. The van der Waals surface area contributed by atoms with Crippen LogP contribution >= 0.6 is 23.2 Å². The fourth-order valence-electron chi connectivity index (χ4n) is 2.47. The number of carboxylic acid groups (broad SMARTS) is 1. The van der Waals surface area contributed by atoms with Crippen LogP contribution in [-0.2, 0) is 0 Å². The second kappa shape index (κ2) is 6.10. The van der Waals surface area contributed by atoms with Gasteiger partial charge < -0.3 is 10.0 Å². The highest BCUT2D eigenvalue weighted by Crippen LogP contribution is 2.29. The molecule has 0 atom stereocenters. The first kappa shape index (κ1) is 15.1. The highest BCUT2D eigenvalue weighted by atomic mass is 35.5. The lowest BCUT2D eigenvalue weighted by Crippen LogP contribution is -2.22. The molecular formula is C15H13Cl2N3O2. The number of halogens is 2. The van der Waals surface area contributed by atoms with Crippen molar-refractivity contribution in [3.8, 4) is 11.4 Å². The molecule has 0 radical (unpaired) electrons. The Morgan fingerprint density at radius 1 is 1.18 bits per heavy atom. The molecule has 1 aromatic heterocycles. The van der Waals surface area contributed by atoms with Gasteiger partial charge in [0.2, 0.25) is 0 Å². The zero-order valence-corrected chi connectivity index (χ0v) is 13.1. The first-order chi connectivity index (χ1) is 10.6. The van der Waals surface area contributed by atoms with E-state index in [0.29, 0.717) is 27.3 Å². The van der Waals surface area contributed by atoms with E-state index in [1.807, 2.05) is 4.90 Å². The van der Waals surface area contributed by atoms with Gasteiger partial charge >= 0.3 is 5.97 Å². The largest absolute Gasteiger partial charge is 0.477 e. The summed E-state index contributed by atoms with van der Waals surface area (Å²) in [7, 11) is 0. The minimum atomic E-state index is -1.03. The van der Waals surface area contributed by atoms with E-state index in [9.17, 15) is 9.90 Å². The van der Waals surface area contributed by atoms with Crippen molar-refractivity contribution in [3.05, 3.63) is 40.0 Å². The van der Waals surface area contributed by atoms with Crippen LogP contribution in [-0.4, -0.2) is 34.1 Å². The van der Waals surface area contributed by atoms with Crippen molar-refractivity contribution < 1.29 is 9.90 Å². The highest BCUT2D eigenvalue weighted by Gasteiger charge is 2.22. The first-order valence-electron chi connectivity index (χ1n) is 6.87. The van der Waals surface area contributed by atoms with E-state index < -0.39 is 5.97 Å². The zero-order chi connectivity index (χ0) is 15.7. The zero-order valence-electron chi connectivity index (χ0n) is 11.6. The van der Waals surface area contributed by atoms with Crippen molar-refractivity contribution in [2.75, 3.05) is 18.0 Å². The maximum Gasteiger partial charge on any atom is 0.341 e. The Morgan fingerprint density at radius 3 is 2.55 bits per heavy atom. The average Bonchev–Trinajstić information content (AvgIpc) is 3.03. The molecule has 1 fully saturated rings. The first-order valence-corrected chi connectivity index (χ1v) is 7.62. The predicted molar refractivity (Wildman–Crippen MR) is 85.9 cm³/mol. The molecule has 1 N–H and O–H groups in total. The molecular weight excluding hydrogens is 325 g/mol. The molecule has 0 bridgehead atoms. The summed E-state index contributed by atoms with van der Waals surface area (Å²) in [5.74, 6) is -0.130. The molecule has 5 nitrogen and oxygen atoms in total. The predicted octanol–water partition coefficient (Wildman–Crippen LogP) is 3.75. The van der Waals surface area contributed by atoms with E-state index in [-0.39, 0.29) is 5.56 Å². The van der Waals surface area contributed by atoms with Crippen LogP contribution in [0.4, 0.5) is 5.82 Å². The topological polar surface area (TPSA) is 66.3 Å². The van der Waals surface area contributed by atoms with Crippen LogP contribution in [0.2, 0.25) is 10.0 Å². The van der Waals surface area contributed by atoms with Gasteiger partial charge in [0.15, 0.2) is 5.82 Å². The van der Waals surface area contributed by atoms with Gasteiger partial charge in [-0.05, 0) is 31.0 Å². The van der Waals surface area contributed by atoms with Gasteiger partial charge in [-0.15, -0.1) is 0 Å². The van der Waals surface area contributed by atoms with Gasteiger partial charge in [0.05, 0.1) is 10.0 Å². The summed E-state index contributed by atoms with van der Waals surface area (Å²) in [6.07, 6.45) is 3.41. The lowest BCUT2D eigenvalue weighted by Gasteiger charge is -2.19. The summed E-state index contributed by atoms with van der Waals surface area (Å²) in [6, 6.07) is 5.11. The van der Waals surface area contributed by atoms with Crippen molar-refractivity contribution in [1.82, 2.24) is 9.97 Å². The number of hydrogen-bond acceptors (Lipinski definition) is 4. The van der Waals surface area contributed by atoms with E-state index in [2.05, 4.69) is 9.97 Å². The Kier molecular flexibility index (Phi) is 4.18. The Labute approximate surface area is 137 Å². The van der Waals surface area contributed by atoms with Crippen LogP contribution in [0.25, 0.3) is 11.4 Å². The number of aromatic carboxylic acids is 1. The summed E-state index contributed by atoms with van der Waals surface area (Å²) in [6.45, 7) is 1.61. The van der Waals surface area contributed by atoms with Crippen molar-refractivity contribution in [2.24, 2.45) is 0 Å². The lowest BCUT2D eigenvalue weighted by atomic mass is 10.2. The number of carbonyl (C=O) groups is 1. The van der Waals surface area contributed by atoms with Crippen LogP contribution in [0.1, 0.15) is 23.2 Å². The molecule has 3 rings (SSSR count). The van der Waals surface area contributed by atoms with E-state index >= 15 is 0 Å². The molecule has 0 amide bonds. The van der Waals surface area contributed by atoms with E-state index in [0.717, 1.165) is 25.9 Å². The molecule has 1 aromatic carbocycles. The summed E-state index contributed by atoms with van der Waals surface area (Å²) in [5.41, 5.74) is 0.817. The van der Waals surface area contributed by atoms with E-state index in [4.69, 9.17) is 23.2 Å². The third kappa shape index (κ3) is 2.87. The van der Waals surface area contributed by atoms with Crippen molar-refractivity contribution in [1.29, 1.82) is 0 Å². The van der Waals surface area contributed by atoms with Crippen LogP contribution in [0, 0.1) is 0 Å². The van der Waals surface area contributed by atoms with Crippen molar-refractivity contribution in [2.45, 2.75) is 12.8 Å². The van der Waals surface area contributed by atoms with Gasteiger partial charge in [0.1, 0.15) is 11.4 Å². The van der Waals surface area contributed by atoms with Gasteiger partial charge in [-0.25, -0.2) is 14.8 Å². The van der Waals surface area contributed by atoms with Gasteiger partial charge in [0.25, 0.3) is 0 Å². The number of nitrogens with zero attached hydrogens (tertiary/aromatic N) is 3. The number of benzene rings is 1. The number of aromatic nitrogens is 2. The quantitative estimate of drug-likeness (QED) is 0.923. The Morgan fingerprint density at radius 2 is 1.91 bits per heavy atom. The molecule has 1 aliphatic heterocycles. The standard InChI is InChI=1S/C15H13Cl2N3O2/c16-11-4-3-9(7-12(11)17)13-18-8-10(15(21)22)14(19-13)20-5-1-2-6-20/h3-4,7-8H,1-2,5-6H2,(H,21,22). The number of hydrogen-bond donors (Lipinski definition) is 1. The summed E-state index contributed by atoms with van der Waals surface area (Å²) < 4.78 is 0. The minimum absolute atomic E-state index is 0.116. The second-order valence-corrected chi connectivity index (χ2v) is 5.87. The Bertz CT molecular complexity index is 731. The lowest BCUT2D eigenvalue weighted by molar-refractivity contribution is 0.0696. The van der Waals surface area contributed by atoms with Crippen LogP contribution < -0.4 is 4.90 Å². The van der Waals surface area contributed by atoms with Crippen LogP contribution in [0.15, 0.2) is 24.4 Å². The molecule has 0 saturated carbocycles. The maximum absolute atomic E-state index is 11.4. The van der Waals surface area contributed by atoms with Crippen molar-refractivity contribution >= 4 is 35.0 Å². The number of anilines is 1. The molecule has 0 spiro atoms. The summed E-state index contributed by atoms with van der Waals surface area (Å²) >= 11 is 11.9. The van der Waals surface area contributed by atoms with Gasteiger partial charge in [0, 0.05) is 24.8 Å². The second-order valence-electron chi connectivity index (χ2n) is 5.06. The molecule has 0 unspecified atom stereocenters. The van der Waals surface area contributed by atoms with E-state index in [1.54, 1.807) is 18.2 Å². The number of carboxylic acids is 1. The summed E-state index contributed by atoms with van der Waals surface area (Å²) in [5, 5.41) is 10.2. The average molecular weight is 338 g/mol. The highest BCUT2D eigenvalue weighted by molar-refractivity contribution is 6.42. The molecule has 2 aromatic rings. The van der Waals surface area contributed by atoms with E-state index in [1.165, 1.54) is 6.20 Å². The number of rotatable bonds is 3. The summed E-state index contributed by atoms with van der Waals surface area (Å²) in [4.78, 5) is 22.0. The third-order valence-corrected chi connectivity index (χ3v) is 4.32. The maximum atomic E-state index is 11.4.